The van der Waals surface area contributed by atoms with Crippen molar-refractivity contribution in [3.8, 4) is 0 Å². The lowest BCUT2D eigenvalue weighted by Crippen LogP contribution is -2.22. The van der Waals surface area contributed by atoms with Gasteiger partial charge in [0.1, 0.15) is 0 Å². The van der Waals surface area contributed by atoms with Gasteiger partial charge in [-0.1, -0.05) is 70.6 Å². The number of hydrogen-bond donors (Lipinski definition) is 4. The smallest absolute Gasteiger partial charge is 0.328 e. The lowest BCUT2D eigenvalue weighted by Gasteiger charge is -2.04. The molecule has 8 nitrogen and oxygen atoms in total. The minimum absolute atomic E-state index is 0.362. The van der Waals surface area contributed by atoms with E-state index in [4.69, 9.17) is 10.2 Å². The zero-order chi connectivity index (χ0) is 23.2. The normalized spacial score (nSPS) is 11.1. The molecular weight excluding hydrogens is 400 g/mol. The predicted molar refractivity (Wildman–Crippen MR) is 120 cm³/mol. The highest BCUT2D eigenvalue weighted by Crippen LogP contribution is 2.12. The van der Waals surface area contributed by atoms with E-state index in [1.54, 1.807) is 0 Å². The molecule has 0 aliphatic heterocycles. The topological polar surface area (TPSA) is 133 Å². The maximum absolute atomic E-state index is 11.3. The van der Waals surface area contributed by atoms with E-state index in [9.17, 15) is 19.2 Å². The third-order valence-corrected chi connectivity index (χ3v) is 4.71. The molecule has 8 heteroatoms. The second-order valence-electron chi connectivity index (χ2n) is 7.52. The largest absolute Gasteiger partial charge is 0.478 e. The third kappa shape index (κ3) is 23.5. The van der Waals surface area contributed by atoms with E-state index < -0.39 is 11.9 Å². The number of carbonyl (C=O) groups excluding carboxylic acids is 2. The molecular formula is C23H38N2O6. The molecule has 0 rings (SSSR count). The standard InChI is InChI=1S/C23H38N2O6/c26-20(14-16-22(28)29)24-18-12-10-8-6-4-2-1-3-5-7-9-11-13-19-25-21(27)15-17-23(30)31/h14-17H,1-13,18-19H2,(H,24,26)(H,25,27)(H,28,29)(H,30,31). The molecule has 0 aliphatic carbocycles. The SMILES string of the molecule is O=C(O)C=CC(=O)NCCCCCCCCCCCCCCCNC(=O)C=CC(=O)O. The molecule has 0 saturated heterocycles. The molecule has 0 radical (unpaired) electrons. The van der Waals surface area contributed by atoms with Gasteiger partial charge in [0, 0.05) is 37.4 Å². The summed E-state index contributed by atoms with van der Waals surface area (Å²) in [4.78, 5) is 43.1. The third-order valence-electron chi connectivity index (χ3n) is 4.71. The van der Waals surface area contributed by atoms with E-state index >= 15 is 0 Å². The number of nitrogens with one attached hydrogen (secondary N) is 2. The number of amides is 2. The van der Waals surface area contributed by atoms with Gasteiger partial charge in [-0.3, -0.25) is 9.59 Å². The van der Waals surface area contributed by atoms with Crippen LogP contribution in [0, 0.1) is 0 Å². The Labute approximate surface area is 185 Å². The van der Waals surface area contributed by atoms with E-state index in [-0.39, 0.29) is 11.8 Å². The molecule has 0 spiro atoms. The van der Waals surface area contributed by atoms with Crippen molar-refractivity contribution >= 4 is 23.8 Å². The van der Waals surface area contributed by atoms with Gasteiger partial charge >= 0.3 is 11.9 Å². The van der Waals surface area contributed by atoms with Crippen LogP contribution in [0.4, 0.5) is 0 Å². The molecule has 4 N–H and O–H groups in total. The van der Waals surface area contributed by atoms with Crippen LogP contribution in [-0.4, -0.2) is 47.1 Å². The average Bonchev–Trinajstić information content (AvgIpc) is 2.72. The molecule has 0 aromatic heterocycles. The Bertz CT molecular complexity index is 537. The number of rotatable bonds is 20. The van der Waals surface area contributed by atoms with Gasteiger partial charge in [-0.15, -0.1) is 0 Å². The van der Waals surface area contributed by atoms with Crippen LogP contribution in [-0.2, 0) is 19.2 Å². The van der Waals surface area contributed by atoms with Crippen LogP contribution >= 0.6 is 0 Å². The van der Waals surface area contributed by atoms with Crippen molar-refractivity contribution in [2.24, 2.45) is 0 Å². The van der Waals surface area contributed by atoms with Crippen LogP contribution in [0.25, 0.3) is 0 Å². The van der Waals surface area contributed by atoms with Gasteiger partial charge in [0.25, 0.3) is 0 Å². The molecule has 0 atom stereocenters. The number of carbonyl (C=O) groups is 4. The number of carboxylic acids is 2. The molecule has 0 aromatic rings. The van der Waals surface area contributed by atoms with Crippen molar-refractivity contribution in [2.75, 3.05) is 13.1 Å². The first-order valence-electron chi connectivity index (χ1n) is 11.3. The van der Waals surface area contributed by atoms with Gasteiger partial charge in [0.15, 0.2) is 0 Å². The molecule has 0 aromatic carbocycles. The van der Waals surface area contributed by atoms with Gasteiger partial charge in [-0.25, -0.2) is 9.59 Å². The van der Waals surface area contributed by atoms with E-state index in [1.165, 1.54) is 44.9 Å². The Balaban J connectivity index is 3.25. The quantitative estimate of drug-likeness (QED) is 0.170. The van der Waals surface area contributed by atoms with Crippen LogP contribution in [0.5, 0.6) is 0 Å². The maximum Gasteiger partial charge on any atom is 0.328 e. The van der Waals surface area contributed by atoms with E-state index in [1.807, 2.05) is 0 Å². The first-order valence-corrected chi connectivity index (χ1v) is 11.3. The summed E-state index contributed by atoms with van der Waals surface area (Å²) in [7, 11) is 0. The van der Waals surface area contributed by atoms with Crippen LogP contribution in [0.15, 0.2) is 24.3 Å². The Morgan fingerprint density at radius 1 is 0.452 bits per heavy atom. The van der Waals surface area contributed by atoms with Crippen LogP contribution < -0.4 is 10.6 Å². The highest BCUT2D eigenvalue weighted by atomic mass is 16.4. The first kappa shape index (κ1) is 28.4. The van der Waals surface area contributed by atoms with Gasteiger partial charge in [0.05, 0.1) is 0 Å². The lowest BCUT2D eigenvalue weighted by atomic mass is 10.0. The predicted octanol–water partition coefficient (Wildman–Crippen LogP) is 3.57. The van der Waals surface area contributed by atoms with Crippen molar-refractivity contribution in [1.82, 2.24) is 10.6 Å². The van der Waals surface area contributed by atoms with Gasteiger partial charge in [-0.05, 0) is 12.8 Å². The van der Waals surface area contributed by atoms with Crippen molar-refractivity contribution in [1.29, 1.82) is 0 Å². The molecule has 0 fully saturated rings. The molecule has 0 unspecified atom stereocenters. The molecule has 0 aliphatic rings. The first-order chi connectivity index (χ1) is 14.9. The Morgan fingerprint density at radius 3 is 0.968 bits per heavy atom. The summed E-state index contributed by atoms with van der Waals surface area (Å²) in [5.41, 5.74) is 0. The van der Waals surface area contributed by atoms with Crippen LogP contribution in [0.3, 0.4) is 0 Å². The summed E-state index contributed by atoms with van der Waals surface area (Å²) in [6, 6.07) is 0. The van der Waals surface area contributed by atoms with Crippen molar-refractivity contribution in [2.45, 2.75) is 83.5 Å². The number of carboxylic acid groups (broad SMARTS) is 2. The fourth-order valence-electron chi connectivity index (χ4n) is 3.03. The number of unbranched alkanes of at least 4 members (excludes halogenated alkanes) is 12. The fourth-order valence-corrected chi connectivity index (χ4v) is 3.03. The monoisotopic (exact) mass is 438 g/mol. The summed E-state index contributed by atoms with van der Waals surface area (Å²) in [5, 5.41) is 22.2. The molecule has 176 valence electrons. The zero-order valence-corrected chi connectivity index (χ0v) is 18.4. The Morgan fingerprint density at radius 2 is 0.710 bits per heavy atom. The molecule has 0 bridgehead atoms. The van der Waals surface area contributed by atoms with E-state index in [0.29, 0.717) is 13.1 Å². The fraction of sp³-hybridized carbons (Fsp3) is 0.652. The van der Waals surface area contributed by atoms with Crippen molar-refractivity contribution in [3.05, 3.63) is 24.3 Å². The minimum Gasteiger partial charge on any atom is -0.478 e. The summed E-state index contributed by atoms with van der Waals surface area (Å²) >= 11 is 0. The average molecular weight is 439 g/mol. The summed E-state index contributed by atoms with van der Waals surface area (Å²) in [6.45, 7) is 1.16. The maximum atomic E-state index is 11.3. The lowest BCUT2D eigenvalue weighted by molar-refractivity contribution is -0.132. The molecule has 31 heavy (non-hydrogen) atoms. The van der Waals surface area contributed by atoms with Crippen molar-refractivity contribution in [3.63, 3.8) is 0 Å². The van der Waals surface area contributed by atoms with Gasteiger partial charge < -0.3 is 20.8 Å². The highest BCUT2D eigenvalue weighted by Gasteiger charge is 1.98. The van der Waals surface area contributed by atoms with E-state index in [0.717, 1.165) is 62.8 Å². The van der Waals surface area contributed by atoms with E-state index in [2.05, 4.69) is 10.6 Å². The van der Waals surface area contributed by atoms with Crippen LogP contribution in [0.1, 0.15) is 83.5 Å². The number of aliphatic carboxylic acids is 2. The zero-order valence-electron chi connectivity index (χ0n) is 18.4. The van der Waals surface area contributed by atoms with Gasteiger partial charge in [0.2, 0.25) is 11.8 Å². The minimum atomic E-state index is -1.12. The summed E-state index contributed by atoms with van der Waals surface area (Å²) in [5.74, 6) is -2.97. The summed E-state index contributed by atoms with van der Waals surface area (Å²) < 4.78 is 0. The summed E-state index contributed by atoms with van der Waals surface area (Å²) in [6.07, 6.45) is 18.7. The highest BCUT2D eigenvalue weighted by molar-refractivity contribution is 5.94. The van der Waals surface area contributed by atoms with Gasteiger partial charge in [-0.2, -0.15) is 0 Å². The Hall–Kier alpha value is -2.64. The molecule has 2 amide bonds. The second kappa shape index (κ2) is 20.6. The second-order valence-corrected chi connectivity index (χ2v) is 7.52. The number of hydrogen-bond acceptors (Lipinski definition) is 4. The Kier molecular flexibility index (Phi) is 18.9. The van der Waals surface area contributed by atoms with Crippen LogP contribution in [0.2, 0.25) is 0 Å². The molecule has 0 heterocycles. The van der Waals surface area contributed by atoms with Crippen molar-refractivity contribution < 1.29 is 29.4 Å². The molecule has 0 saturated carbocycles.